The normalized spacial score (nSPS) is 52.3. The zero-order valence-electron chi connectivity index (χ0n) is 74.1. The van der Waals surface area contributed by atoms with Crippen molar-refractivity contribution < 1.29 is 25.3 Å². The van der Waals surface area contributed by atoms with E-state index in [4.69, 9.17) is 0 Å². The maximum Gasteiger partial charge on any atom is 0.0624 e. The third kappa shape index (κ3) is 23.4. The third-order valence-electron chi connectivity index (χ3n) is 37.7. The van der Waals surface area contributed by atoms with Gasteiger partial charge in [-0.2, -0.15) is 0 Å². The fourth-order valence-corrected chi connectivity index (χ4v) is 41.1. The van der Waals surface area contributed by atoms with Gasteiger partial charge in [-0.05, 0) is 450 Å². The monoisotopic (exact) mass is 1780 g/mol. The fraction of sp³-hybridized carbons (Fsp3) is 1.00. The molecule has 0 unspecified atom stereocenters. The van der Waals surface area contributed by atoms with Crippen LogP contribution >= 0.6 is 0 Å². The molecule has 0 amide bonds. The van der Waals surface area contributed by atoms with Crippen LogP contribution in [0.4, 0.5) is 0 Å². The van der Waals surface area contributed by atoms with Crippen molar-refractivity contribution in [2.24, 2.45) is 142 Å². The van der Waals surface area contributed by atoms with Crippen molar-refractivity contribution in [2.75, 3.05) is 69.0 Å². The molecular formula is C96H168N12O6S6. The quantitative estimate of drug-likeness (QED) is 0.108. The van der Waals surface area contributed by atoms with E-state index in [0.717, 1.165) is 69.0 Å². The van der Waals surface area contributed by atoms with Gasteiger partial charge in [0.1, 0.15) is 0 Å². The zero-order valence-corrected chi connectivity index (χ0v) is 79.0. The molecule has 0 radical (unpaired) electrons. The molecular weight excluding hydrogens is 1610 g/mol. The van der Waals surface area contributed by atoms with E-state index in [1.165, 1.54) is 308 Å². The lowest BCUT2D eigenvalue weighted by atomic mass is 9.77. The molecule has 44 aliphatic heterocycles. The Kier molecular flexibility index (Phi) is 31.8. The van der Waals surface area contributed by atoms with E-state index in [0.29, 0.717) is 142 Å². The average molecular weight is 1780 g/mol. The molecule has 44 heterocycles. The molecule has 120 heavy (non-hydrogen) atoms. The molecule has 0 aromatic heterocycles. The fourth-order valence-electron chi connectivity index (χ4n) is 30.0. The van der Waals surface area contributed by atoms with Crippen LogP contribution in [0.5, 0.6) is 0 Å². The van der Waals surface area contributed by atoms with Crippen LogP contribution in [-0.2, 0) is 64.8 Å². The van der Waals surface area contributed by atoms with Gasteiger partial charge >= 0.3 is 0 Å². The second-order valence-corrected chi connectivity index (χ2v) is 55.0. The van der Waals surface area contributed by atoms with Crippen LogP contribution in [0.15, 0.2) is 0 Å². The summed E-state index contributed by atoms with van der Waals surface area (Å²) < 4.78 is 87.1. The lowest BCUT2D eigenvalue weighted by molar-refractivity contribution is 0.0496. The van der Waals surface area contributed by atoms with E-state index < -0.39 is 64.8 Å². The molecule has 12 aliphatic carbocycles. The van der Waals surface area contributed by atoms with Crippen LogP contribution in [0.2, 0.25) is 0 Å². The van der Waals surface area contributed by atoms with E-state index >= 15 is 0 Å². The van der Waals surface area contributed by atoms with Crippen LogP contribution in [0, 0.1) is 142 Å². The molecule has 56 rings (SSSR count). The summed E-state index contributed by atoms with van der Waals surface area (Å²) in [6.07, 6.45) is 59.8. The maximum absolute atomic E-state index is 14.5. The van der Waals surface area contributed by atoms with Gasteiger partial charge in [-0.1, -0.05) is 0 Å². The Morgan fingerprint density at radius 3 is 0.242 bits per heavy atom. The molecule has 0 aromatic rings. The summed E-state index contributed by atoms with van der Waals surface area (Å²) in [6, 6.07) is 0. The Labute approximate surface area is 741 Å². The van der Waals surface area contributed by atoms with Gasteiger partial charge in [0.2, 0.25) is 0 Å². The van der Waals surface area contributed by atoms with Crippen LogP contribution in [-0.4, -0.2) is 168 Å². The van der Waals surface area contributed by atoms with Gasteiger partial charge < -0.3 is 0 Å². The Morgan fingerprint density at radius 2 is 0.175 bits per heavy atom. The zero-order chi connectivity index (χ0) is 81.2. The number of hydrogen-bond acceptors (Lipinski definition) is 18. The van der Waals surface area contributed by atoms with E-state index in [1.807, 2.05) is 0 Å². The molecule has 12 N–H and O–H groups in total. The van der Waals surface area contributed by atoms with Crippen molar-refractivity contribution >= 4 is 64.8 Å². The summed E-state index contributed by atoms with van der Waals surface area (Å²) in [4.78, 5) is 0. The predicted molar refractivity (Wildman–Crippen MR) is 496 cm³/mol. The van der Waals surface area contributed by atoms with E-state index in [2.05, 4.69) is 63.8 Å². The Morgan fingerprint density at radius 1 is 0.108 bits per heavy atom. The van der Waals surface area contributed by atoms with Gasteiger partial charge in [0.05, 0.1) is 74.0 Å². The molecule has 0 aromatic carbocycles. The first kappa shape index (κ1) is 89.6. The Bertz CT molecular complexity index is 2570. The van der Waals surface area contributed by atoms with Crippen molar-refractivity contribution in [3.63, 3.8) is 0 Å². The van der Waals surface area contributed by atoms with Gasteiger partial charge in [0.25, 0.3) is 0 Å². The first-order chi connectivity index (χ1) is 58.7. The largest absolute Gasteiger partial charge is 0.286 e. The lowest BCUT2D eigenvalue weighted by Gasteiger charge is -2.50. The van der Waals surface area contributed by atoms with Crippen molar-refractivity contribution in [1.82, 2.24) is 63.8 Å². The summed E-state index contributed by atoms with van der Waals surface area (Å²) in [5.41, 5.74) is 0. The van der Waals surface area contributed by atoms with Crippen molar-refractivity contribution in [2.45, 2.75) is 382 Å². The summed E-state index contributed by atoms with van der Waals surface area (Å²) in [5.74, 6) is 23.4. The Hall–Kier alpha value is 0.420. The third-order valence-corrected chi connectivity index (χ3v) is 47.8. The molecule has 684 valence electrons. The number of nitrogens with one attached hydrogen (secondary N) is 12. The van der Waals surface area contributed by atoms with E-state index in [-0.39, 0.29) is 74.0 Å². The van der Waals surface area contributed by atoms with Crippen molar-refractivity contribution in [1.29, 1.82) is 0 Å². The van der Waals surface area contributed by atoms with E-state index in [9.17, 15) is 25.3 Å². The topological polar surface area (TPSA) is 247 Å². The Balaban J connectivity index is 0.595. The van der Waals surface area contributed by atoms with Crippen molar-refractivity contribution in [3.8, 4) is 0 Å². The molecule has 0 spiro atoms. The molecule has 0 atom stereocenters. The second kappa shape index (κ2) is 42.5. The average Bonchev–Trinajstić information content (AvgIpc) is 0.808. The highest BCUT2D eigenvalue weighted by atomic mass is 32.2. The smallest absolute Gasteiger partial charge is 0.0624 e. The lowest BCUT2D eigenvalue weighted by Crippen LogP contribution is -2.72. The number of rotatable bonds is 0. The van der Waals surface area contributed by atoms with Crippen molar-refractivity contribution in [3.05, 3.63) is 0 Å². The molecule has 56 fully saturated rings. The minimum atomic E-state index is -0.807. The highest BCUT2D eigenvalue weighted by Gasteiger charge is 2.49. The standard InChI is InChI=1S/C96H168N12O6S6/c109-115-49-61-1-25-73(26-2-61)85-97-86-74-29-5-63(6-30-74)51-116(110)53-65-13-37-79(38-14-65)91-103-93-81-41-17-69(18-42-81)57-118(112)55-67-9-33-77(34-10-67)89-100-88(76-27-3-62(50-115)4-28-76)101-90(102-89)78-35-11-68(12-36-78)56-119(113)58-70-19-43-82(44-20-70)94-104-92(80-39-15-66(16-40-80)54-117(111)52-64-7-31-75(32-8-64)87(98-85)99-86)106-96(108-94)84-47-23-72(24-48-84)60-120(114)59-71-21-45-83(46-22-71)95(105-91)107-93/h61-108H,1-60H2. The predicted octanol–water partition coefficient (Wildman–Crippen LogP) is 13.2. The van der Waals surface area contributed by atoms with Gasteiger partial charge in [0, 0.05) is 134 Å². The van der Waals surface area contributed by atoms with Gasteiger partial charge in [0.15, 0.2) is 0 Å². The minimum absolute atomic E-state index is 0.259. The van der Waals surface area contributed by atoms with Gasteiger partial charge in [-0.25, -0.2) is 0 Å². The SMILES string of the molecule is O=S1CC2CCC(CC2)C2NC3NC(N2)C2CCC(CC2)CS(=O)CC2CCC(CC2)C2NC4NC(N2)C2CCC(CC2)CS(=O)CC2CCC(CC2)C2NC(NC(N2)C2CCC(CC2)CS(=O)CC2CCC(CC2)C2NC(NC(N2)C2CCC(CC2)CS(=O)CC2CCC4CC2)C2CCC(CC2)C1)C1CCC(CC1)CS(=O)CC1CCC3CC1. The molecule has 24 heteroatoms. The van der Waals surface area contributed by atoms with Gasteiger partial charge in [-0.15, -0.1) is 0 Å². The molecule has 56 aliphatic rings. The highest BCUT2D eigenvalue weighted by molar-refractivity contribution is 7.86. The van der Waals surface area contributed by atoms with E-state index in [1.54, 1.807) is 0 Å². The van der Waals surface area contributed by atoms with Crippen LogP contribution in [0.1, 0.15) is 308 Å². The van der Waals surface area contributed by atoms with Gasteiger partial charge in [-0.3, -0.25) is 89.1 Å². The minimum Gasteiger partial charge on any atom is -0.286 e. The summed E-state index contributed by atoms with van der Waals surface area (Å²) in [6.45, 7) is 0. The molecule has 18 nitrogen and oxygen atoms in total. The van der Waals surface area contributed by atoms with Crippen LogP contribution in [0.3, 0.4) is 0 Å². The first-order valence-corrected chi connectivity index (χ1v) is 60.8. The number of hydrogen-bond donors (Lipinski definition) is 12. The first-order valence-electron chi connectivity index (χ1n) is 51.9. The molecule has 44 saturated heterocycles. The van der Waals surface area contributed by atoms with Crippen LogP contribution < -0.4 is 63.8 Å². The molecule has 12 saturated carbocycles. The summed E-state index contributed by atoms with van der Waals surface area (Å²) >= 11 is 0. The maximum atomic E-state index is 14.5. The summed E-state index contributed by atoms with van der Waals surface area (Å²) in [5, 5.41) is 51.8. The van der Waals surface area contributed by atoms with Crippen LogP contribution in [0.25, 0.3) is 0 Å². The highest BCUT2D eigenvalue weighted by Crippen LogP contribution is 2.47. The second-order valence-electron chi connectivity index (χ2n) is 45.7. The molecule has 36 bridgehead atoms. The summed E-state index contributed by atoms with van der Waals surface area (Å²) in [7, 11) is -4.84.